The van der Waals surface area contributed by atoms with Gasteiger partial charge in [0.15, 0.2) is 0 Å². The van der Waals surface area contributed by atoms with E-state index in [0.29, 0.717) is 30.0 Å². The molecule has 1 aliphatic heterocycles. The number of aromatic nitrogens is 4. The molecule has 11 nitrogen and oxygen atoms in total. The van der Waals surface area contributed by atoms with E-state index in [9.17, 15) is 19.5 Å². The van der Waals surface area contributed by atoms with Crippen molar-refractivity contribution in [2.45, 2.75) is 6.92 Å². The quantitative estimate of drug-likeness (QED) is 0.316. The molecule has 5 aromatic rings. The van der Waals surface area contributed by atoms with Crippen LogP contribution in [0.1, 0.15) is 11.1 Å². The predicted molar refractivity (Wildman–Crippen MR) is 165 cm³/mol. The molecule has 0 bridgehead atoms. The van der Waals surface area contributed by atoms with E-state index in [1.165, 1.54) is 6.21 Å². The third kappa shape index (κ3) is 4.58. The van der Waals surface area contributed by atoms with Crippen LogP contribution >= 0.6 is 0 Å². The standard InChI is InChI=1S/C31H31N7O4/c1-20-9-7-8-12-24(20)38-29(40)22(28(39)33-30(38)41)19-32-23-17-26-27(35(3)31(42)34(26)2)18-25(23)37-15-13-36(14-16-37)21-10-5-4-6-11-21/h4-12,17-19,40H,13-16H2,1-3H3,(H,33,39,41). The lowest BCUT2D eigenvalue weighted by atomic mass is 10.1. The van der Waals surface area contributed by atoms with E-state index in [-0.39, 0.29) is 11.3 Å². The molecule has 2 aromatic heterocycles. The van der Waals surface area contributed by atoms with Crippen molar-refractivity contribution in [2.75, 3.05) is 36.0 Å². The summed E-state index contributed by atoms with van der Waals surface area (Å²) in [5.41, 5.74) is 3.32. The number of aromatic hydroxyl groups is 1. The van der Waals surface area contributed by atoms with Gasteiger partial charge >= 0.3 is 11.4 Å². The summed E-state index contributed by atoms with van der Waals surface area (Å²) < 4.78 is 4.21. The molecule has 0 saturated carbocycles. The number of aliphatic imine (C=N–C) groups is 1. The number of hydrogen-bond acceptors (Lipinski definition) is 7. The zero-order valence-electron chi connectivity index (χ0n) is 23.6. The van der Waals surface area contributed by atoms with Gasteiger partial charge in [-0.3, -0.25) is 23.9 Å². The molecule has 1 aliphatic rings. The van der Waals surface area contributed by atoms with Gasteiger partial charge in [-0.25, -0.2) is 14.2 Å². The first kappa shape index (κ1) is 26.9. The van der Waals surface area contributed by atoms with Crippen LogP contribution in [0.4, 0.5) is 17.1 Å². The summed E-state index contributed by atoms with van der Waals surface area (Å²) in [7, 11) is 3.43. The maximum atomic E-state index is 12.8. The third-order valence-electron chi connectivity index (χ3n) is 7.92. The molecular formula is C31H31N7O4. The molecule has 0 aliphatic carbocycles. The molecule has 0 spiro atoms. The SMILES string of the molecule is Cc1ccccc1-n1c(O)c(C=Nc2cc3c(cc2N2CCN(c4ccccc4)CC2)n(C)c(=O)n3C)c(=O)[nH]c1=O. The second-order valence-electron chi connectivity index (χ2n) is 10.4. The lowest BCUT2D eigenvalue weighted by Gasteiger charge is -2.37. The van der Waals surface area contributed by atoms with Crippen LogP contribution in [0.3, 0.4) is 0 Å². The molecule has 42 heavy (non-hydrogen) atoms. The highest BCUT2D eigenvalue weighted by Gasteiger charge is 2.22. The lowest BCUT2D eigenvalue weighted by molar-refractivity contribution is 0.430. The second kappa shape index (κ2) is 10.6. The zero-order valence-corrected chi connectivity index (χ0v) is 23.6. The Labute approximate surface area is 240 Å². The molecule has 0 radical (unpaired) electrons. The highest BCUT2D eigenvalue weighted by Crippen LogP contribution is 2.34. The fourth-order valence-corrected chi connectivity index (χ4v) is 5.55. The summed E-state index contributed by atoms with van der Waals surface area (Å²) >= 11 is 0. The van der Waals surface area contributed by atoms with Crippen LogP contribution in [-0.2, 0) is 14.1 Å². The number of fused-ring (bicyclic) bond motifs is 1. The highest BCUT2D eigenvalue weighted by molar-refractivity contribution is 5.92. The first-order chi connectivity index (χ1) is 20.2. The first-order valence-corrected chi connectivity index (χ1v) is 13.7. The smallest absolute Gasteiger partial charge is 0.335 e. The number of aromatic amines is 1. The van der Waals surface area contributed by atoms with Gasteiger partial charge in [-0.05, 0) is 42.8 Å². The van der Waals surface area contributed by atoms with Gasteiger partial charge in [0, 0.05) is 52.2 Å². The Bertz CT molecular complexity index is 2010. The minimum absolute atomic E-state index is 0.153. The number of nitrogens with one attached hydrogen (secondary N) is 1. The van der Waals surface area contributed by atoms with Crippen molar-refractivity contribution >= 4 is 34.3 Å². The number of hydrogen-bond donors (Lipinski definition) is 2. The van der Waals surface area contributed by atoms with Crippen molar-refractivity contribution in [1.82, 2.24) is 18.7 Å². The lowest BCUT2D eigenvalue weighted by Crippen LogP contribution is -2.46. The Balaban J connectivity index is 1.43. The fourth-order valence-electron chi connectivity index (χ4n) is 5.55. The molecule has 0 atom stereocenters. The van der Waals surface area contributed by atoms with E-state index in [1.807, 2.05) is 49.4 Å². The largest absolute Gasteiger partial charge is 0.493 e. The van der Waals surface area contributed by atoms with Crippen LogP contribution in [0.25, 0.3) is 16.7 Å². The van der Waals surface area contributed by atoms with Gasteiger partial charge in [-0.15, -0.1) is 0 Å². The number of rotatable bonds is 5. The normalized spacial score (nSPS) is 13.9. The number of H-pyrrole nitrogens is 1. The molecule has 11 heteroatoms. The number of aryl methyl sites for hydroxylation is 3. The van der Waals surface area contributed by atoms with Crippen molar-refractivity contribution in [3.8, 4) is 11.6 Å². The zero-order chi connectivity index (χ0) is 29.5. The average Bonchev–Trinajstić information content (AvgIpc) is 3.21. The summed E-state index contributed by atoms with van der Waals surface area (Å²) in [6.45, 7) is 4.83. The minimum Gasteiger partial charge on any atom is -0.493 e. The Hall–Kier alpha value is -5.32. The molecule has 1 saturated heterocycles. The van der Waals surface area contributed by atoms with Gasteiger partial charge in [0.1, 0.15) is 5.56 Å². The van der Waals surface area contributed by atoms with Crippen LogP contribution < -0.4 is 26.7 Å². The molecule has 3 aromatic carbocycles. The monoisotopic (exact) mass is 565 g/mol. The van der Waals surface area contributed by atoms with Gasteiger partial charge in [0.05, 0.1) is 28.1 Å². The minimum atomic E-state index is -0.753. The van der Waals surface area contributed by atoms with E-state index in [2.05, 4.69) is 31.9 Å². The molecule has 0 amide bonds. The molecule has 0 unspecified atom stereocenters. The Kier molecular flexibility index (Phi) is 6.77. The average molecular weight is 566 g/mol. The molecule has 214 valence electrons. The van der Waals surface area contributed by atoms with Crippen LogP contribution in [0.5, 0.6) is 5.88 Å². The molecule has 6 rings (SSSR count). The van der Waals surface area contributed by atoms with Crippen LogP contribution in [0.2, 0.25) is 0 Å². The summed E-state index contributed by atoms with van der Waals surface area (Å²) in [6, 6.07) is 21.1. The van der Waals surface area contributed by atoms with E-state index in [4.69, 9.17) is 0 Å². The molecular weight excluding hydrogens is 534 g/mol. The maximum absolute atomic E-state index is 12.8. The van der Waals surface area contributed by atoms with E-state index in [0.717, 1.165) is 40.1 Å². The first-order valence-electron chi connectivity index (χ1n) is 13.7. The number of imidazole rings is 1. The number of para-hydroxylation sites is 2. The van der Waals surface area contributed by atoms with E-state index in [1.54, 1.807) is 35.4 Å². The van der Waals surface area contributed by atoms with Crippen LogP contribution in [-0.4, -0.2) is 56.2 Å². The van der Waals surface area contributed by atoms with Crippen molar-refractivity contribution in [1.29, 1.82) is 0 Å². The Morgan fingerprint density at radius 3 is 2.12 bits per heavy atom. The fraction of sp³-hybridized carbons (Fsp3) is 0.226. The summed E-state index contributed by atoms with van der Waals surface area (Å²) in [5.74, 6) is -0.506. The number of anilines is 2. The second-order valence-corrected chi connectivity index (χ2v) is 10.4. The van der Waals surface area contributed by atoms with Crippen molar-refractivity contribution < 1.29 is 5.11 Å². The summed E-state index contributed by atoms with van der Waals surface area (Å²) in [6.07, 6.45) is 1.27. The number of benzene rings is 3. The van der Waals surface area contributed by atoms with Gasteiger partial charge in [0.25, 0.3) is 5.56 Å². The molecule has 3 heterocycles. The topological polar surface area (TPSA) is 121 Å². The third-order valence-corrected chi connectivity index (χ3v) is 7.92. The highest BCUT2D eigenvalue weighted by atomic mass is 16.3. The summed E-state index contributed by atoms with van der Waals surface area (Å²) in [5, 5.41) is 11.1. The number of nitrogens with zero attached hydrogens (tertiary/aromatic N) is 6. The van der Waals surface area contributed by atoms with Gasteiger partial charge in [-0.2, -0.15) is 0 Å². The Morgan fingerprint density at radius 2 is 1.43 bits per heavy atom. The van der Waals surface area contributed by atoms with Gasteiger partial charge < -0.3 is 14.9 Å². The molecule has 1 fully saturated rings. The van der Waals surface area contributed by atoms with Gasteiger partial charge in [0.2, 0.25) is 5.88 Å². The maximum Gasteiger partial charge on any atom is 0.335 e. The van der Waals surface area contributed by atoms with Crippen LogP contribution in [0.15, 0.2) is 86.1 Å². The summed E-state index contributed by atoms with van der Waals surface area (Å²) in [4.78, 5) is 49.8. The van der Waals surface area contributed by atoms with Crippen molar-refractivity contribution in [2.24, 2.45) is 19.1 Å². The molecule has 2 N–H and O–H groups in total. The van der Waals surface area contributed by atoms with Crippen molar-refractivity contribution in [3.63, 3.8) is 0 Å². The Morgan fingerprint density at radius 1 is 0.810 bits per heavy atom. The van der Waals surface area contributed by atoms with Crippen molar-refractivity contribution in [3.05, 3.63) is 109 Å². The predicted octanol–water partition coefficient (Wildman–Crippen LogP) is 2.81. The van der Waals surface area contributed by atoms with E-state index < -0.39 is 17.1 Å². The van der Waals surface area contributed by atoms with Gasteiger partial charge in [-0.1, -0.05) is 36.4 Å². The van der Waals surface area contributed by atoms with Crippen LogP contribution in [0, 0.1) is 6.92 Å². The number of piperazine rings is 1. The van der Waals surface area contributed by atoms with E-state index >= 15 is 0 Å².